The topological polar surface area (TPSA) is 50.7 Å². The van der Waals surface area contributed by atoms with Crippen LogP contribution in [0.3, 0.4) is 0 Å². The van der Waals surface area contributed by atoms with E-state index in [4.69, 9.17) is 11.6 Å². The molecular weight excluding hydrogens is 200 g/mol. The van der Waals surface area contributed by atoms with Gasteiger partial charge in [0.05, 0.1) is 23.1 Å². The lowest BCUT2D eigenvalue weighted by Gasteiger charge is -2.04. The van der Waals surface area contributed by atoms with Crippen molar-refractivity contribution < 1.29 is 0 Å². The lowest BCUT2D eigenvalue weighted by Crippen LogP contribution is -1.97. The highest BCUT2D eigenvalue weighted by molar-refractivity contribution is 6.33. The quantitative estimate of drug-likeness (QED) is 0.819. The maximum absolute atomic E-state index is 5.94. The number of para-hydroxylation sites is 1. The van der Waals surface area contributed by atoms with Crippen LogP contribution < -0.4 is 5.32 Å². The molecule has 2 rings (SSSR count). The molecule has 0 unspecified atom stereocenters. The van der Waals surface area contributed by atoms with Crippen molar-refractivity contribution in [1.82, 2.24) is 15.2 Å². The number of rotatable bonds is 2. The van der Waals surface area contributed by atoms with Gasteiger partial charge in [-0.3, -0.25) is 0 Å². The SMILES string of the molecule is Clc1ccccc1Nc1nccnn1. The molecule has 14 heavy (non-hydrogen) atoms. The highest BCUT2D eigenvalue weighted by atomic mass is 35.5. The van der Waals surface area contributed by atoms with E-state index in [0.717, 1.165) is 5.69 Å². The molecule has 1 aromatic heterocycles. The van der Waals surface area contributed by atoms with Crippen molar-refractivity contribution >= 4 is 23.2 Å². The first-order valence-electron chi connectivity index (χ1n) is 4.01. The van der Waals surface area contributed by atoms with Gasteiger partial charge in [0.1, 0.15) is 0 Å². The van der Waals surface area contributed by atoms with Crippen molar-refractivity contribution in [3.8, 4) is 0 Å². The molecule has 0 aliphatic carbocycles. The maximum Gasteiger partial charge on any atom is 0.247 e. The number of hydrogen-bond donors (Lipinski definition) is 1. The number of nitrogens with one attached hydrogen (secondary N) is 1. The summed E-state index contributed by atoms with van der Waals surface area (Å²) in [6, 6.07) is 7.38. The molecule has 0 aliphatic rings. The molecule has 0 amide bonds. The van der Waals surface area contributed by atoms with Crippen LogP contribution in [0.25, 0.3) is 0 Å². The minimum atomic E-state index is 0.431. The van der Waals surface area contributed by atoms with Crippen LogP contribution in [-0.2, 0) is 0 Å². The van der Waals surface area contributed by atoms with E-state index in [2.05, 4.69) is 20.5 Å². The highest BCUT2D eigenvalue weighted by Gasteiger charge is 2.00. The Morgan fingerprint density at radius 3 is 2.71 bits per heavy atom. The van der Waals surface area contributed by atoms with Gasteiger partial charge in [-0.1, -0.05) is 23.7 Å². The first-order valence-corrected chi connectivity index (χ1v) is 4.39. The summed E-state index contributed by atoms with van der Waals surface area (Å²) in [6.07, 6.45) is 3.07. The van der Waals surface area contributed by atoms with E-state index >= 15 is 0 Å². The minimum Gasteiger partial charge on any atom is -0.322 e. The van der Waals surface area contributed by atoms with Gasteiger partial charge in [-0.2, -0.15) is 5.10 Å². The Morgan fingerprint density at radius 2 is 2.00 bits per heavy atom. The Morgan fingerprint density at radius 1 is 1.14 bits per heavy atom. The first kappa shape index (κ1) is 8.90. The van der Waals surface area contributed by atoms with Gasteiger partial charge in [-0.15, -0.1) is 5.10 Å². The van der Waals surface area contributed by atoms with Crippen LogP contribution >= 0.6 is 11.6 Å². The molecular formula is C9H7ClN4. The van der Waals surface area contributed by atoms with E-state index in [0.29, 0.717) is 11.0 Å². The number of nitrogens with zero attached hydrogens (tertiary/aromatic N) is 3. The summed E-state index contributed by atoms with van der Waals surface area (Å²) >= 11 is 5.94. The Kier molecular flexibility index (Phi) is 2.55. The van der Waals surface area contributed by atoms with E-state index in [9.17, 15) is 0 Å². The molecule has 1 heterocycles. The smallest absolute Gasteiger partial charge is 0.247 e. The van der Waals surface area contributed by atoms with Gasteiger partial charge in [0.25, 0.3) is 0 Å². The Hall–Kier alpha value is -1.68. The summed E-state index contributed by atoms with van der Waals surface area (Å²) in [5, 5.41) is 11.1. The molecule has 0 radical (unpaired) electrons. The Labute approximate surface area is 86.0 Å². The van der Waals surface area contributed by atoms with Gasteiger partial charge in [-0.05, 0) is 12.1 Å². The third kappa shape index (κ3) is 1.97. The van der Waals surface area contributed by atoms with Crippen LogP contribution in [-0.4, -0.2) is 15.2 Å². The number of anilines is 2. The van der Waals surface area contributed by atoms with Gasteiger partial charge in [0.2, 0.25) is 5.95 Å². The Bertz CT molecular complexity index is 418. The van der Waals surface area contributed by atoms with Gasteiger partial charge in [-0.25, -0.2) is 4.98 Å². The van der Waals surface area contributed by atoms with E-state index in [1.165, 1.54) is 6.20 Å². The van der Waals surface area contributed by atoms with Gasteiger partial charge >= 0.3 is 0 Å². The summed E-state index contributed by atoms with van der Waals surface area (Å²) in [5.41, 5.74) is 0.766. The molecule has 0 aliphatic heterocycles. The predicted molar refractivity (Wildman–Crippen MR) is 54.6 cm³/mol. The fraction of sp³-hybridized carbons (Fsp3) is 0. The average molecular weight is 207 g/mol. The summed E-state index contributed by atoms with van der Waals surface area (Å²) in [7, 11) is 0. The van der Waals surface area contributed by atoms with Gasteiger partial charge in [0, 0.05) is 0 Å². The van der Waals surface area contributed by atoms with E-state index < -0.39 is 0 Å². The number of benzene rings is 1. The summed E-state index contributed by atoms with van der Waals surface area (Å²) < 4.78 is 0. The minimum absolute atomic E-state index is 0.431. The monoisotopic (exact) mass is 206 g/mol. The summed E-state index contributed by atoms with van der Waals surface area (Å²) in [4.78, 5) is 3.97. The number of hydrogen-bond acceptors (Lipinski definition) is 4. The van der Waals surface area contributed by atoms with Crippen LogP contribution in [0.2, 0.25) is 5.02 Å². The molecule has 0 fully saturated rings. The molecule has 0 saturated heterocycles. The fourth-order valence-electron chi connectivity index (χ4n) is 0.988. The van der Waals surface area contributed by atoms with Crippen molar-refractivity contribution in [3.05, 3.63) is 41.7 Å². The summed E-state index contributed by atoms with van der Waals surface area (Å²) in [6.45, 7) is 0. The predicted octanol–water partition coefficient (Wildman–Crippen LogP) is 2.27. The second-order valence-electron chi connectivity index (χ2n) is 2.57. The fourth-order valence-corrected chi connectivity index (χ4v) is 1.17. The molecule has 0 saturated carbocycles. The van der Waals surface area contributed by atoms with Crippen molar-refractivity contribution in [2.45, 2.75) is 0 Å². The average Bonchev–Trinajstić information content (AvgIpc) is 2.23. The highest BCUT2D eigenvalue weighted by Crippen LogP contribution is 2.22. The van der Waals surface area contributed by atoms with Crippen molar-refractivity contribution in [2.75, 3.05) is 5.32 Å². The van der Waals surface area contributed by atoms with E-state index in [1.807, 2.05) is 18.2 Å². The summed E-state index contributed by atoms with van der Waals surface area (Å²) in [5.74, 6) is 0.431. The van der Waals surface area contributed by atoms with Crippen LogP contribution in [0.15, 0.2) is 36.7 Å². The second-order valence-corrected chi connectivity index (χ2v) is 2.98. The Balaban J connectivity index is 2.24. The van der Waals surface area contributed by atoms with E-state index in [-0.39, 0.29) is 0 Å². The lowest BCUT2D eigenvalue weighted by molar-refractivity contribution is 0.978. The zero-order chi connectivity index (χ0) is 9.80. The molecule has 0 bridgehead atoms. The molecule has 0 atom stereocenters. The molecule has 70 valence electrons. The number of aromatic nitrogens is 3. The van der Waals surface area contributed by atoms with Crippen LogP contribution in [0.5, 0.6) is 0 Å². The van der Waals surface area contributed by atoms with Gasteiger partial charge < -0.3 is 5.32 Å². The third-order valence-electron chi connectivity index (χ3n) is 1.60. The van der Waals surface area contributed by atoms with Crippen LogP contribution in [0, 0.1) is 0 Å². The lowest BCUT2D eigenvalue weighted by atomic mass is 10.3. The first-order chi connectivity index (χ1) is 6.86. The third-order valence-corrected chi connectivity index (χ3v) is 1.93. The maximum atomic E-state index is 5.94. The standard InChI is InChI=1S/C9H7ClN4/c10-7-3-1-2-4-8(7)13-9-11-5-6-12-14-9/h1-6H,(H,11,13,14). The van der Waals surface area contributed by atoms with Crippen LogP contribution in [0.1, 0.15) is 0 Å². The second kappa shape index (κ2) is 4.02. The number of halogens is 1. The molecule has 1 N–H and O–H groups in total. The zero-order valence-electron chi connectivity index (χ0n) is 7.18. The van der Waals surface area contributed by atoms with Crippen molar-refractivity contribution in [2.24, 2.45) is 0 Å². The molecule has 0 spiro atoms. The van der Waals surface area contributed by atoms with Gasteiger partial charge in [0.15, 0.2) is 0 Å². The molecule has 2 aromatic rings. The largest absolute Gasteiger partial charge is 0.322 e. The normalized spacial score (nSPS) is 9.79. The molecule has 5 heteroatoms. The van der Waals surface area contributed by atoms with Crippen LogP contribution in [0.4, 0.5) is 11.6 Å². The van der Waals surface area contributed by atoms with E-state index in [1.54, 1.807) is 12.3 Å². The van der Waals surface area contributed by atoms with Crippen molar-refractivity contribution in [3.63, 3.8) is 0 Å². The van der Waals surface area contributed by atoms with Crippen molar-refractivity contribution in [1.29, 1.82) is 0 Å². The molecule has 4 nitrogen and oxygen atoms in total. The molecule has 1 aromatic carbocycles. The zero-order valence-corrected chi connectivity index (χ0v) is 7.94.